The average Bonchev–Trinajstić information content (AvgIpc) is 3.03. The van der Waals surface area contributed by atoms with E-state index in [2.05, 4.69) is 0 Å². The first-order chi connectivity index (χ1) is 15.5. The van der Waals surface area contributed by atoms with Gasteiger partial charge >= 0.3 is 11.9 Å². The lowest BCUT2D eigenvalue weighted by Crippen LogP contribution is -2.62. The number of carbonyl (C=O) groups excluding carboxylic acids is 2. The van der Waals surface area contributed by atoms with Crippen LogP contribution in [0.2, 0.25) is 5.02 Å². The first-order valence-corrected chi connectivity index (χ1v) is 9.46. The summed E-state index contributed by atoms with van der Waals surface area (Å²) in [5.41, 5.74) is -8.89. The smallest absolute Gasteiger partial charge is 0.326 e. The first kappa shape index (κ1) is 22.3. The monoisotopic (exact) mass is 482 g/mol. The zero-order valence-corrected chi connectivity index (χ0v) is 16.8. The Kier molecular flexibility index (Phi) is 5.12. The zero-order valence-electron chi connectivity index (χ0n) is 16.1. The molecule has 0 spiro atoms. The number of alkyl halides is 3. The number of benzene rings is 2. The number of H-pyrrole nitrogens is 1. The van der Waals surface area contributed by atoms with Gasteiger partial charge in [0.2, 0.25) is 0 Å². The highest BCUT2D eigenvalue weighted by atomic mass is 35.5. The van der Waals surface area contributed by atoms with E-state index < -0.39 is 57.7 Å². The van der Waals surface area contributed by atoms with E-state index in [4.69, 9.17) is 11.6 Å². The molecule has 1 aliphatic heterocycles. The number of fused-ring (bicyclic) bond motifs is 1. The summed E-state index contributed by atoms with van der Waals surface area (Å²) in [6, 6.07) is 9.24. The Morgan fingerprint density at radius 2 is 1.67 bits per heavy atom. The Bertz CT molecular complexity index is 1420. The van der Waals surface area contributed by atoms with Crippen LogP contribution in [0.1, 0.15) is 15.9 Å². The summed E-state index contributed by atoms with van der Waals surface area (Å²) in [4.78, 5) is 52.0. The van der Waals surface area contributed by atoms with Gasteiger partial charge in [-0.25, -0.2) is 13.8 Å². The van der Waals surface area contributed by atoms with Crippen LogP contribution in [0.3, 0.4) is 0 Å². The lowest BCUT2D eigenvalue weighted by Gasteiger charge is -2.30. The summed E-state index contributed by atoms with van der Waals surface area (Å²) in [6.07, 6.45) is -5.53. The van der Waals surface area contributed by atoms with Crippen LogP contribution in [0.4, 0.5) is 23.4 Å². The Balaban J connectivity index is 1.99. The van der Waals surface area contributed by atoms with Crippen LogP contribution in [0, 0.1) is 5.82 Å². The van der Waals surface area contributed by atoms with Crippen molar-refractivity contribution in [3.63, 3.8) is 0 Å². The summed E-state index contributed by atoms with van der Waals surface area (Å²) >= 11 is 5.72. The highest BCUT2D eigenvalue weighted by molar-refractivity contribution is 6.30. The Morgan fingerprint density at radius 3 is 2.27 bits per heavy atom. The quantitative estimate of drug-likeness (QED) is 0.498. The molecule has 2 aromatic carbocycles. The van der Waals surface area contributed by atoms with Crippen LogP contribution in [-0.4, -0.2) is 27.5 Å². The highest BCUT2D eigenvalue weighted by Crippen LogP contribution is 2.45. The number of rotatable bonds is 3. The number of aromatic nitrogens is 2. The zero-order chi connectivity index (χ0) is 24.1. The molecule has 1 atom stereocenters. The number of carbonyl (C=O) groups is 2. The van der Waals surface area contributed by atoms with Gasteiger partial charge < -0.3 is 10.6 Å². The van der Waals surface area contributed by atoms with E-state index in [0.717, 1.165) is 24.3 Å². The Hall–Kier alpha value is -3.93. The van der Waals surface area contributed by atoms with Crippen LogP contribution in [-0.2, 0) is 10.3 Å². The molecule has 3 N–H and O–H groups in total. The van der Waals surface area contributed by atoms with Crippen molar-refractivity contribution in [2.75, 3.05) is 5.32 Å². The molecule has 1 aliphatic rings. The number of amides is 2. The predicted molar refractivity (Wildman–Crippen MR) is 108 cm³/mol. The van der Waals surface area contributed by atoms with E-state index in [1.807, 2.05) is 5.32 Å². The molecule has 13 heteroatoms. The molecule has 0 unspecified atom stereocenters. The number of para-hydroxylation sites is 1. The molecule has 4 rings (SSSR count). The number of hydrogen-bond donors (Lipinski definition) is 3. The number of nitrogens with zero attached hydrogens (tertiary/aromatic N) is 1. The molecule has 0 bridgehead atoms. The fourth-order valence-corrected chi connectivity index (χ4v) is 3.61. The van der Waals surface area contributed by atoms with E-state index in [1.165, 1.54) is 24.3 Å². The van der Waals surface area contributed by atoms with Gasteiger partial charge in [-0.1, -0.05) is 23.7 Å². The van der Waals surface area contributed by atoms with Crippen LogP contribution < -0.4 is 21.9 Å². The van der Waals surface area contributed by atoms with E-state index in [-0.39, 0.29) is 10.6 Å². The third kappa shape index (κ3) is 3.39. The summed E-state index contributed by atoms with van der Waals surface area (Å²) in [5, 5.41) is 3.60. The summed E-state index contributed by atoms with van der Waals surface area (Å²) in [7, 11) is 0. The summed E-state index contributed by atoms with van der Waals surface area (Å²) < 4.78 is 57.8. The second-order valence-corrected chi connectivity index (χ2v) is 7.37. The molecule has 2 amide bonds. The number of nitrogens with one attached hydrogen (secondary N) is 3. The molecule has 33 heavy (non-hydrogen) atoms. The maximum Gasteiger partial charge on any atom is 0.425 e. The fraction of sp³-hybridized carbons (Fsp3) is 0.100. The topological polar surface area (TPSA) is 113 Å². The Labute approximate surface area is 185 Å². The van der Waals surface area contributed by atoms with Crippen molar-refractivity contribution < 1.29 is 27.2 Å². The maximum atomic E-state index is 14.4. The van der Waals surface area contributed by atoms with Gasteiger partial charge in [0.15, 0.2) is 0 Å². The van der Waals surface area contributed by atoms with E-state index >= 15 is 0 Å². The van der Waals surface area contributed by atoms with Crippen LogP contribution >= 0.6 is 11.6 Å². The minimum Gasteiger partial charge on any atom is -0.326 e. The molecule has 8 nitrogen and oxygen atoms in total. The van der Waals surface area contributed by atoms with Gasteiger partial charge in [0, 0.05) is 10.6 Å². The van der Waals surface area contributed by atoms with Crippen molar-refractivity contribution in [2.24, 2.45) is 0 Å². The van der Waals surface area contributed by atoms with Gasteiger partial charge in [-0.15, -0.1) is 0 Å². The first-order valence-electron chi connectivity index (χ1n) is 9.08. The number of anilines is 1. The average molecular weight is 483 g/mol. The second-order valence-electron chi connectivity index (χ2n) is 6.93. The minimum atomic E-state index is -5.53. The van der Waals surface area contributed by atoms with Gasteiger partial charge in [0.25, 0.3) is 22.9 Å². The molecule has 0 saturated heterocycles. The molecule has 0 radical (unpaired) electrons. The van der Waals surface area contributed by atoms with Gasteiger partial charge in [-0.2, -0.15) is 13.2 Å². The van der Waals surface area contributed by atoms with Crippen molar-refractivity contribution in [1.82, 2.24) is 14.9 Å². The molecule has 0 fully saturated rings. The van der Waals surface area contributed by atoms with Crippen molar-refractivity contribution in [1.29, 1.82) is 0 Å². The van der Waals surface area contributed by atoms with Gasteiger partial charge in [0.1, 0.15) is 17.2 Å². The van der Waals surface area contributed by atoms with E-state index in [1.54, 1.807) is 10.3 Å². The van der Waals surface area contributed by atoms with Crippen molar-refractivity contribution >= 4 is 29.2 Å². The van der Waals surface area contributed by atoms with Crippen LogP contribution in [0.25, 0.3) is 5.69 Å². The highest BCUT2D eigenvalue weighted by Gasteiger charge is 2.68. The molecule has 170 valence electrons. The van der Waals surface area contributed by atoms with E-state index in [0.29, 0.717) is 4.57 Å². The molecular weight excluding hydrogens is 472 g/mol. The predicted octanol–water partition coefficient (Wildman–Crippen LogP) is 2.46. The van der Waals surface area contributed by atoms with Crippen LogP contribution in [0.5, 0.6) is 0 Å². The van der Waals surface area contributed by atoms with Crippen molar-refractivity contribution in [3.05, 3.63) is 91.3 Å². The summed E-state index contributed by atoms with van der Waals surface area (Å²) in [6.45, 7) is 0. The molecular formula is C20H11ClF4N4O4. The summed E-state index contributed by atoms with van der Waals surface area (Å²) in [5.74, 6) is -5.14. The van der Waals surface area contributed by atoms with Crippen molar-refractivity contribution in [3.8, 4) is 5.69 Å². The normalized spacial score (nSPS) is 17.4. The van der Waals surface area contributed by atoms with Gasteiger partial charge in [-0.3, -0.25) is 19.4 Å². The van der Waals surface area contributed by atoms with Gasteiger partial charge in [0.05, 0.1) is 5.69 Å². The lowest BCUT2D eigenvalue weighted by atomic mass is 9.91. The molecule has 1 aromatic heterocycles. The third-order valence-electron chi connectivity index (χ3n) is 4.98. The molecule has 0 aliphatic carbocycles. The molecule has 2 heterocycles. The Morgan fingerprint density at radius 1 is 1.03 bits per heavy atom. The third-order valence-corrected chi connectivity index (χ3v) is 5.24. The van der Waals surface area contributed by atoms with Crippen molar-refractivity contribution in [2.45, 2.75) is 11.7 Å². The van der Waals surface area contributed by atoms with Crippen LogP contribution in [0.15, 0.2) is 58.1 Å². The number of aromatic amines is 1. The fourth-order valence-electron chi connectivity index (χ4n) is 3.48. The molecule has 0 saturated carbocycles. The number of halogens is 5. The molecule has 3 aromatic rings. The SMILES string of the molecule is O=C(N[C@@]1(C(F)(F)F)C(=O)Nc2c1c(=O)[nH]c(=O)n2-c1ccccc1F)c1ccc(Cl)cc1. The van der Waals surface area contributed by atoms with Gasteiger partial charge in [-0.05, 0) is 36.4 Å². The maximum absolute atomic E-state index is 14.4. The lowest BCUT2D eigenvalue weighted by molar-refractivity contribution is -0.196. The van der Waals surface area contributed by atoms with E-state index in [9.17, 15) is 36.7 Å². The standard InChI is InChI=1S/C20H11ClF4N4O4/c21-10-7-5-9(6-8-10)15(30)28-19(20(23,24)25)13-14(26-17(19)32)29(18(33)27-16(13)31)12-4-2-1-3-11(12)22/h1-8H,(H,26,32)(H,28,30)(H,27,31,33)/t19-/m1/s1. The largest absolute Gasteiger partial charge is 0.425 e. The second kappa shape index (κ2) is 7.59. The minimum absolute atomic E-state index is 0.200. The number of hydrogen-bond acceptors (Lipinski definition) is 4.